The van der Waals surface area contributed by atoms with Gasteiger partial charge in [-0.25, -0.2) is 13.2 Å². The van der Waals surface area contributed by atoms with Gasteiger partial charge in [0.25, 0.3) is 11.8 Å². The molecule has 2 aromatic carbocycles. The Balaban J connectivity index is 1.36. The number of rotatable bonds is 6. The molecule has 12 heteroatoms. The van der Waals surface area contributed by atoms with Gasteiger partial charge in [0, 0.05) is 56.8 Å². The lowest BCUT2D eigenvalue weighted by atomic mass is 10.0. The van der Waals surface area contributed by atoms with Gasteiger partial charge in [0.2, 0.25) is 10.0 Å². The van der Waals surface area contributed by atoms with Crippen molar-refractivity contribution in [2.45, 2.75) is 50.7 Å². The summed E-state index contributed by atoms with van der Waals surface area (Å²) in [6.45, 7) is 6.31. The van der Waals surface area contributed by atoms with Crippen molar-refractivity contribution in [3.05, 3.63) is 81.2 Å². The molecule has 5 rings (SSSR count). The summed E-state index contributed by atoms with van der Waals surface area (Å²) in [5.41, 5.74) is 3.53. The Bertz CT molecular complexity index is 1630. The number of hydrogen-bond donors (Lipinski definition) is 2. The molecule has 10 nitrogen and oxygen atoms in total. The van der Waals surface area contributed by atoms with E-state index in [0.29, 0.717) is 49.1 Å². The van der Waals surface area contributed by atoms with Gasteiger partial charge in [0.1, 0.15) is 5.00 Å². The number of imide groups is 1. The Labute approximate surface area is 250 Å². The smallest absolute Gasteiger partial charge is 0.323 e. The minimum atomic E-state index is -3.75. The lowest BCUT2D eigenvalue weighted by Gasteiger charge is -2.30. The summed E-state index contributed by atoms with van der Waals surface area (Å²) in [6, 6.07) is 13.4. The molecule has 3 aromatic rings. The highest BCUT2D eigenvalue weighted by Gasteiger charge is 2.31. The molecule has 0 fully saturated rings. The third-order valence-electron chi connectivity index (χ3n) is 7.75. The molecule has 0 unspecified atom stereocenters. The summed E-state index contributed by atoms with van der Waals surface area (Å²) in [5.74, 6) is -1.04. The van der Waals surface area contributed by atoms with Crippen molar-refractivity contribution >= 4 is 44.2 Å². The molecule has 0 saturated carbocycles. The highest BCUT2D eigenvalue weighted by molar-refractivity contribution is 7.89. The Morgan fingerprint density at radius 1 is 0.905 bits per heavy atom. The van der Waals surface area contributed by atoms with Crippen LogP contribution in [-0.4, -0.2) is 73.6 Å². The van der Waals surface area contributed by atoms with E-state index in [1.807, 2.05) is 24.3 Å². The molecule has 0 aliphatic carbocycles. The van der Waals surface area contributed by atoms with Gasteiger partial charge < -0.3 is 10.2 Å². The molecule has 3 heterocycles. The molecule has 0 radical (unpaired) electrons. The molecule has 0 spiro atoms. The highest BCUT2D eigenvalue weighted by Crippen LogP contribution is 2.38. The Morgan fingerprint density at radius 3 is 2.26 bits per heavy atom. The number of thiophene rings is 1. The number of urea groups is 1. The second-order valence-electron chi connectivity index (χ2n) is 11.0. The topological polar surface area (TPSA) is 119 Å². The molecule has 0 bridgehead atoms. The number of carbonyl (C=O) groups is 3. The monoisotopic (exact) mass is 609 g/mol. The molecule has 2 N–H and O–H groups in total. The van der Waals surface area contributed by atoms with Crippen LogP contribution in [0.25, 0.3) is 0 Å². The average Bonchev–Trinajstić information content (AvgIpc) is 3.33. The molecule has 222 valence electrons. The van der Waals surface area contributed by atoms with Crippen molar-refractivity contribution in [2.75, 3.05) is 32.5 Å². The normalized spacial score (nSPS) is 15.5. The molecule has 1 aromatic heterocycles. The number of nitrogens with one attached hydrogen (secondary N) is 2. The summed E-state index contributed by atoms with van der Waals surface area (Å²) >= 11 is 1.33. The summed E-state index contributed by atoms with van der Waals surface area (Å²) < 4.78 is 28.2. The number of amides is 4. The van der Waals surface area contributed by atoms with Gasteiger partial charge in [0.15, 0.2) is 0 Å². The fraction of sp³-hybridized carbons (Fsp3) is 0.367. The lowest BCUT2D eigenvalue weighted by Crippen LogP contribution is -2.40. The Kier molecular flexibility index (Phi) is 8.51. The van der Waals surface area contributed by atoms with E-state index in [0.717, 1.165) is 28.1 Å². The van der Waals surface area contributed by atoms with E-state index in [-0.39, 0.29) is 10.5 Å². The maximum atomic E-state index is 13.4. The second-order valence-corrected chi connectivity index (χ2v) is 14.1. The predicted octanol–water partition coefficient (Wildman–Crippen LogP) is 3.93. The third kappa shape index (κ3) is 5.98. The third-order valence-corrected chi connectivity index (χ3v) is 10.7. The number of anilines is 1. The van der Waals surface area contributed by atoms with E-state index in [1.165, 1.54) is 44.8 Å². The first kappa shape index (κ1) is 29.9. The van der Waals surface area contributed by atoms with Crippen molar-refractivity contribution in [3.63, 3.8) is 0 Å². The van der Waals surface area contributed by atoms with Crippen LogP contribution in [0.3, 0.4) is 0 Å². The molecule has 0 atom stereocenters. The van der Waals surface area contributed by atoms with Gasteiger partial charge in [0.05, 0.1) is 10.5 Å². The number of carbonyl (C=O) groups excluding carboxylic acids is 3. The maximum Gasteiger partial charge on any atom is 0.323 e. The first-order valence-corrected chi connectivity index (χ1v) is 16.1. The summed E-state index contributed by atoms with van der Waals surface area (Å²) in [5, 5.41) is 5.62. The predicted molar refractivity (Wildman–Crippen MR) is 162 cm³/mol. The number of nitrogens with zero attached hydrogens (tertiary/aromatic N) is 3. The molecule has 0 saturated heterocycles. The van der Waals surface area contributed by atoms with Gasteiger partial charge in [-0.3, -0.25) is 19.8 Å². The largest absolute Gasteiger partial charge is 0.331 e. The van der Waals surface area contributed by atoms with Crippen LogP contribution >= 0.6 is 11.3 Å². The van der Waals surface area contributed by atoms with E-state index in [1.54, 1.807) is 14.1 Å². The van der Waals surface area contributed by atoms with Crippen molar-refractivity contribution in [3.8, 4) is 0 Å². The van der Waals surface area contributed by atoms with E-state index in [9.17, 15) is 22.8 Å². The van der Waals surface area contributed by atoms with E-state index < -0.39 is 27.9 Å². The Morgan fingerprint density at radius 2 is 1.60 bits per heavy atom. The molecular weight excluding hydrogens is 574 g/mol. The fourth-order valence-electron chi connectivity index (χ4n) is 5.24. The minimum Gasteiger partial charge on any atom is -0.331 e. The van der Waals surface area contributed by atoms with Gasteiger partial charge in [-0.1, -0.05) is 24.3 Å². The standard InChI is InChI=1S/C30H35N5O5S2/c1-19(2)34-15-14-24-25(18-34)41-29(26(24)28(37)32-30(38)33(3)4)31-27(36)21-9-11-23(12-10-21)42(39,40)35-16-13-20-7-5-6-8-22(20)17-35/h5-12,19H,13-18H2,1-4H3,(H,31,36)(H,32,37,38). The lowest BCUT2D eigenvalue weighted by molar-refractivity contribution is 0.0956. The zero-order valence-corrected chi connectivity index (χ0v) is 25.8. The summed E-state index contributed by atoms with van der Waals surface area (Å²) in [4.78, 5) is 43.5. The van der Waals surface area contributed by atoms with Crippen LogP contribution in [0.15, 0.2) is 53.4 Å². The van der Waals surface area contributed by atoms with Crippen LogP contribution in [0.5, 0.6) is 0 Å². The minimum absolute atomic E-state index is 0.112. The Hall–Kier alpha value is -3.58. The fourth-order valence-corrected chi connectivity index (χ4v) is 7.93. The molecule has 2 aliphatic rings. The van der Waals surface area contributed by atoms with Crippen LogP contribution in [0.2, 0.25) is 0 Å². The first-order chi connectivity index (χ1) is 20.0. The van der Waals surface area contributed by atoms with Gasteiger partial charge >= 0.3 is 6.03 Å². The van der Waals surface area contributed by atoms with E-state index in [4.69, 9.17) is 0 Å². The van der Waals surface area contributed by atoms with Crippen LogP contribution in [0.4, 0.5) is 9.80 Å². The number of fused-ring (bicyclic) bond motifs is 2. The quantitative estimate of drug-likeness (QED) is 0.437. The van der Waals surface area contributed by atoms with E-state index >= 15 is 0 Å². The van der Waals surface area contributed by atoms with Crippen LogP contribution in [0.1, 0.15) is 56.1 Å². The average molecular weight is 610 g/mol. The first-order valence-electron chi connectivity index (χ1n) is 13.8. The van der Waals surface area contributed by atoms with Crippen LogP contribution in [-0.2, 0) is 36.0 Å². The molecule has 2 aliphatic heterocycles. The van der Waals surface area contributed by atoms with Crippen molar-refractivity contribution in [1.82, 2.24) is 19.4 Å². The zero-order chi connectivity index (χ0) is 30.2. The van der Waals surface area contributed by atoms with Gasteiger partial charge in [-0.15, -0.1) is 11.3 Å². The molecular formula is C30H35N5O5S2. The van der Waals surface area contributed by atoms with Gasteiger partial charge in [-0.2, -0.15) is 4.31 Å². The second kappa shape index (κ2) is 12.0. The number of sulfonamides is 1. The summed E-state index contributed by atoms with van der Waals surface area (Å²) in [7, 11) is -0.658. The van der Waals surface area contributed by atoms with Crippen LogP contribution in [0, 0.1) is 0 Å². The highest BCUT2D eigenvalue weighted by atomic mass is 32.2. The number of benzene rings is 2. The van der Waals surface area contributed by atoms with Crippen molar-refractivity contribution in [2.24, 2.45) is 0 Å². The van der Waals surface area contributed by atoms with Crippen LogP contribution < -0.4 is 10.6 Å². The summed E-state index contributed by atoms with van der Waals surface area (Å²) in [6.07, 6.45) is 1.26. The molecule has 42 heavy (non-hydrogen) atoms. The molecule has 4 amide bonds. The van der Waals surface area contributed by atoms with E-state index in [2.05, 4.69) is 29.4 Å². The van der Waals surface area contributed by atoms with Gasteiger partial charge in [-0.05, 0) is 67.6 Å². The SMILES string of the molecule is CC(C)N1CCc2c(sc(NC(=O)c3ccc(S(=O)(=O)N4CCc5ccccc5C4)cc3)c2C(=O)NC(=O)N(C)C)C1. The van der Waals surface area contributed by atoms with Crippen molar-refractivity contribution < 1.29 is 22.8 Å². The number of hydrogen-bond acceptors (Lipinski definition) is 7. The van der Waals surface area contributed by atoms with Crippen molar-refractivity contribution in [1.29, 1.82) is 0 Å². The maximum absolute atomic E-state index is 13.4. The zero-order valence-electron chi connectivity index (χ0n) is 24.1.